The molecule has 112 valence electrons. The van der Waals surface area contributed by atoms with Crippen molar-refractivity contribution >= 4 is 17.7 Å². The second-order valence-electron chi connectivity index (χ2n) is 4.43. The largest absolute Gasteiger partial charge is 0.481 e. The van der Waals surface area contributed by atoms with Gasteiger partial charge in [-0.1, -0.05) is 36.3 Å². The van der Waals surface area contributed by atoms with Gasteiger partial charge in [0.15, 0.2) is 0 Å². The molecule has 3 nitrogen and oxygen atoms in total. The number of carboxylic acids is 1. The third-order valence-electron chi connectivity index (χ3n) is 2.89. The van der Waals surface area contributed by atoms with E-state index in [1.165, 1.54) is 11.8 Å². The van der Waals surface area contributed by atoms with Crippen molar-refractivity contribution in [2.75, 3.05) is 6.61 Å². The third-order valence-corrected chi connectivity index (χ3v) is 4.15. The molecule has 0 fully saturated rings. The van der Waals surface area contributed by atoms with Gasteiger partial charge >= 0.3 is 5.97 Å². The average molecular weight is 312 g/mol. The fraction of sp³-hybridized carbons (Fsp3) is 0.167. The van der Waals surface area contributed by atoms with E-state index in [0.717, 1.165) is 16.2 Å². The first-order chi connectivity index (χ1) is 10.7. The molecule has 0 aliphatic rings. The minimum absolute atomic E-state index is 0.352. The van der Waals surface area contributed by atoms with Crippen LogP contribution in [0.1, 0.15) is 17.7 Å². The maximum atomic E-state index is 11.5. The molecule has 2 aromatic rings. The quantitative estimate of drug-likeness (QED) is 0.647. The molecule has 0 bridgehead atoms. The molecule has 0 amide bonds. The minimum Gasteiger partial charge on any atom is -0.481 e. The summed E-state index contributed by atoms with van der Waals surface area (Å²) in [6.45, 7) is 2.11. The Labute approximate surface area is 134 Å². The van der Waals surface area contributed by atoms with Crippen LogP contribution < -0.4 is 4.74 Å². The van der Waals surface area contributed by atoms with Gasteiger partial charge in [0, 0.05) is 4.90 Å². The molecule has 0 aromatic heterocycles. The van der Waals surface area contributed by atoms with Gasteiger partial charge in [0.2, 0.25) is 0 Å². The molecule has 2 rings (SSSR count). The van der Waals surface area contributed by atoms with Crippen molar-refractivity contribution in [1.82, 2.24) is 0 Å². The number of hydrogen-bond donors (Lipinski definition) is 1. The van der Waals surface area contributed by atoms with Gasteiger partial charge in [-0.2, -0.15) is 0 Å². The fourth-order valence-corrected chi connectivity index (χ4v) is 2.79. The van der Waals surface area contributed by atoms with Crippen molar-refractivity contribution in [2.24, 2.45) is 0 Å². The maximum absolute atomic E-state index is 11.5. The van der Waals surface area contributed by atoms with E-state index in [4.69, 9.17) is 4.74 Å². The summed E-state index contributed by atoms with van der Waals surface area (Å²) in [5.41, 5.74) is 0.776. The predicted octanol–water partition coefficient (Wildman–Crippen LogP) is 4.01. The van der Waals surface area contributed by atoms with Gasteiger partial charge in [0.25, 0.3) is 0 Å². The van der Waals surface area contributed by atoms with Gasteiger partial charge in [-0.05, 0) is 36.8 Å². The first kappa shape index (κ1) is 16.0. The van der Waals surface area contributed by atoms with Crippen LogP contribution in [0.25, 0.3) is 0 Å². The minimum atomic E-state index is -0.852. The summed E-state index contributed by atoms with van der Waals surface area (Å²) in [6, 6.07) is 16.6. The molecular weight excluding hydrogens is 296 g/mol. The number of rotatable bonds is 6. The normalized spacial score (nSPS) is 11.1. The van der Waals surface area contributed by atoms with Crippen molar-refractivity contribution in [3.05, 3.63) is 60.2 Å². The maximum Gasteiger partial charge on any atom is 0.321 e. The summed E-state index contributed by atoms with van der Waals surface area (Å²) >= 11 is 1.30. The Bertz CT molecular complexity index is 669. The zero-order valence-corrected chi connectivity index (χ0v) is 13.0. The van der Waals surface area contributed by atoms with Crippen LogP contribution in [0.5, 0.6) is 5.75 Å². The molecule has 0 saturated carbocycles. The summed E-state index contributed by atoms with van der Waals surface area (Å²) in [6.07, 6.45) is 0. The van der Waals surface area contributed by atoms with E-state index in [1.54, 1.807) is 6.92 Å². The summed E-state index contributed by atoms with van der Waals surface area (Å²) in [5, 5.41) is 8.80. The number of thioether (sulfide) groups is 1. The van der Waals surface area contributed by atoms with E-state index >= 15 is 0 Å². The zero-order valence-electron chi connectivity index (χ0n) is 12.2. The summed E-state index contributed by atoms with van der Waals surface area (Å²) in [5.74, 6) is 5.46. The number of carboxylic acid groups (broad SMARTS) is 1. The molecule has 1 N–H and O–H groups in total. The average Bonchev–Trinajstić information content (AvgIpc) is 2.55. The number of aliphatic carboxylic acids is 1. The van der Waals surface area contributed by atoms with Gasteiger partial charge in [0.05, 0.1) is 0 Å². The highest BCUT2D eigenvalue weighted by Gasteiger charge is 2.20. The van der Waals surface area contributed by atoms with Crippen molar-refractivity contribution in [3.8, 4) is 17.6 Å². The Morgan fingerprint density at radius 1 is 1.18 bits per heavy atom. The molecular formula is C18H16O3S. The summed E-state index contributed by atoms with van der Waals surface area (Å²) in [7, 11) is 0. The highest BCUT2D eigenvalue weighted by atomic mass is 32.2. The highest BCUT2D eigenvalue weighted by molar-refractivity contribution is 8.00. The first-order valence-corrected chi connectivity index (χ1v) is 7.65. The second-order valence-corrected chi connectivity index (χ2v) is 5.61. The van der Waals surface area contributed by atoms with Crippen LogP contribution in [0.4, 0.5) is 0 Å². The Morgan fingerprint density at radius 3 is 2.45 bits per heavy atom. The Balaban J connectivity index is 2.07. The van der Waals surface area contributed by atoms with Crippen LogP contribution in [0.2, 0.25) is 0 Å². The van der Waals surface area contributed by atoms with Gasteiger partial charge in [-0.3, -0.25) is 4.79 Å². The van der Waals surface area contributed by atoms with Crippen LogP contribution in [-0.4, -0.2) is 17.7 Å². The van der Waals surface area contributed by atoms with Crippen LogP contribution in [0.3, 0.4) is 0 Å². The van der Waals surface area contributed by atoms with Crippen LogP contribution in [0.15, 0.2) is 59.5 Å². The number of benzene rings is 2. The predicted molar refractivity (Wildman–Crippen MR) is 88.1 cm³/mol. The molecule has 0 aliphatic heterocycles. The van der Waals surface area contributed by atoms with Crippen molar-refractivity contribution in [2.45, 2.75) is 17.1 Å². The molecule has 2 aromatic carbocycles. The molecule has 1 atom stereocenters. The van der Waals surface area contributed by atoms with Crippen molar-refractivity contribution < 1.29 is 14.6 Å². The lowest BCUT2D eigenvalue weighted by molar-refractivity contribution is -0.136. The third kappa shape index (κ3) is 4.57. The van der Waals surface area contributed by atoms with Gasteiger partial charge in [-0.25, -0.2) is 0 Å². The number of hydrogen-bond acceptors (Lipinski definition) is 3. The van der Waals surface area contributed by atoms with Gasteiger partial charge in [0.1, 0.15) is 17.6 Å². The molecule has 0 radical (unpaired) electrons. The van der Waals surface area contributed by atoms with Crippen LogP contribution in [0, 0.1) is 11.8 Å². The number of carbonyl (C=O) groups is 1. The molecule has 0 unspecified atom stereocenters. The van der Waals surface area contributed by atoms with Gasteiger partial charge in [-0.15, -0.1) is 17.7 Å². The Kier molecular flexibility index (Phi) is 5.93. The zero-order chi connectivity index (χ0) is 15.8. The van der Waals surface area contributed by atoms with Crippen LogP contribution >= 0.6 is 11.8 Å². The van der Waals surface area contributed by atoms with E-state index < -0.39 is 11.2 Å². The topological polar surface area (TPSA) is 46.5 Å². The molecule has 0 saturated heterocycles. The summed E-state index contributed by atoms with van der Waals surface area (Å²) in [4.78, 5) is 12.4. The molecule has 0 spiro atoms. The standard InChI is InChI=1S/C18H16O3S/c1-2-3-13-21-15-9-11-16(12-10-15)22-17(18(19)20)14-7-5-4-6-8-14/h4-12,17H,13H2,1H3,(H,19,20)/t17-/m0/s1. The smallest absolute Gasteiger partial charge is 0.321 e. The lowest BCUT2D eigenvalue weighted by Crippen LogP contribution is -2.07. The van der Waals surface area contributed by atoms with Crippen molar-refractivity contribution in [1.29, 1.82) is 0 Å². The highest BCUT2D eigenvalue weighted by Crippen LogP contribution is 2.36. The van der Waals surface area contributed by atoms with E-state index in [0.29, 0.717) is 6.61 Å². The van der Waals surface area contributed by atoms with Crippen molar-refractivity contribution in [3.63, 3.8) is 0 Å². The van der Waals surface area contributed by atoms with E-state index in [-0.39, 0.29) is 0 Å². The molecule has 22 heavy (non-hydrogen) atoms. The monoisotopic (exact) mass is 312 g/mol. The molecule has 0 aliphatic carbocycles. The molecule has 0 heterocycles. The first-order valence-electron chi connectivity index (χ1n) is 6.77. The van der Waals surface area contributed by atoms with E-state index in [1.807, 2.05) is 54.6 Å². The lowest BCUT2D eigenvalue weighted by Gasteiger charge is -2.12. The van der Waals surface area contributed by atoms with E-state index in [9.17, 15) is 9.90 Å². The Hall–Kier alpha value is -2.38. The Morgan fingerprint density at radius 2 is 1.86 bits per heavy atom. The number of ether oxygens (including phenoxy) is 1. The van der Waals surface area contributed by atoms with Crippen LogP contribution in [-0.2, 0) is 4.79 Å². The van der Waals surface area contributed by atoms with Gasteiger partial charge < -0.3 is 9.84 Å². The summed E-state index contributed by atoms with van der Waals surface area (Å²) < 4.78 is 5.44. The SMILES string of the molecule is CC#CCOc1ccc(S[C@H](C(=O)O)c2ccccc2)cc1. The lowest BCUT2D eigenvalue weighted by atomic mass is 10.1. The second kappa shape index (κ2) is 8.16. The molecule has 4 heteroatoms. The van der Waals surface area contributed by atoms with E-state index in [2.05, 4.69) is 11.8 Å². The fourth-order valence-electron chi connectivity index (χ4n) is 1.83.